The van der Waals surface area contributed by atoms with Crippen LogP contribution in [0.1, 0.15) is 31.0 Å². The van der Waals surface area contributed by atoms with Crippen molar-refractivity contribution in [2.75, 3.05) is 18.5 Å². The lowest BCUT2D eigenvalue weighted by atomic mass is 9.94. The Morgan fingerprint density at radius 1 is 1.17 bits per heavy atom. The van der Waals surface area contributed by atoms with Gasteiger partial charge in [-0.15, -0.1) is 6.42 Å². The molecule has 4 aromatic rings. The van der Waals surface area contributed by atoms with Crippen LogP contribution >= 0.6 is 27.3 Å². The number of ether oxygens (including phenoxy) is 2. The summed E-state index contributed by atoms with van der Waals surface area (Å²) in [6, 6.07) is 18.5. The maximum atomic E-state index is 14.1. The minimum absolute atomic E-state index is 0.0434. The van der Waals surface area contributed by atoms with Crippen LogP contribution in [0.25, 0.3) is 6.08 Å². The van der Waals surface area contributed by atoms with Crippen LogP contribution in [0, 0.1) is 12.3 Å². The number of nitrogens with one attached hydrogen (secondary N) is 1. The van der Waals surface area contributed by atoms with E-state index in [2.05, 4.69) is 32.2 Å². The number of aromatic hydroxyl groups is 1. The van der Waals surface area contributed by atoms with Gasteiger partial charge in [-0.2, -0.15) is 0 Å². The second-order valence-electron chi connectivity index (χ2n) is 9.24. The number of terminal acetylenes is 1. The quantitative estimate of drug-likeness (QED) is 0.270. The molecule has 0 radical (unpaired) electrons. The minimum atomic E-state index is -0.841. The molecule has 0 aliphatic carbocycles. The summed E-state index contributed by atoms with van der Waals surface area (Å²) in [5.41, 5.74) is 2.27. The normalized spacial score (nSPS) is 14.5. The molecule has 0 fully saturated rings. The van der Waals surface area contributed by atoms with E-state index in [0.717, 1.165) is 4.47 Å². The molecule has 10 heteroatoms. The van der Waals surface area contributed by atoms with E-state index in [1.54, 1.807) is 43.3 Å². The molecular formula is C32H26BrN3O5S. The van der Waals surface area contributed by atoms with Gasteiger partial charge in [-0.3, -0.25) is 14.2 Å². The lowest BCUT2D eigenvalue weighted by Gasteiger charge is -2.26. The number of carbonyl (C=O) groups excluding carboxylic acids is 1. The van der Waals surface area contributed by atoms with Crippen molar-refractivity contribution < 1.29 is 19.4 Å². The number of carbonyl (C=O) groups is 1. The number of benzene rings is 3. The van der Waals surface area contributed by atoms with Crippen LogP contribution in [0.15, 0.2) is 92.3 Å². The molecule has 2 heterocycles. The van der Waals surface area contributed by atoms with E-state index in [4.69, 9.17) is 15.9 Å². The number of rotatable bonds is 8. The van der Waals surface area contributed by atoms with Crippen molar-refractivity contribution in [3.05, 3.63) is 113 Å². The summed E-state index contributed by atoms with van der Waals surface area (Å²) >= 11 is 4.68. The van der Waals surface area contributed by atoms with Gasteiger partial charge in [0.1, 0.15) is 12.4 Å². The molecule has 0 bridgehead atoms. The van der Waals surface area contributed by atoms with E-state index in [0.29, 0.717) is 49.8 Å². The molecule has 1 aromatic heterocycles. The molecule has 1 aliphatic rings. The summed E-state index contributed by atoms with van der Waals surface area (Å²) in [5, 5.41) is 13.3. The van der Waals surface area contributed by atoms with Crippen LogP contribution in [-0.2, 0) is 4.79 Å². The summed E-state index contributed by atoms with van der Waals surface area (Å²) < 4.78 is 14.0. The van der Waals surface area contributed by atoms with Crippen LogP contribution in [0.5, 0.6) is 17.2 Å². The Labute approximate surface area is 254 Å². The van der Waals surface area contributed by atoms with Crippen molar-refractivity contribution in [2.24, 2.45) is 4.99 Å². The highest BCUT2D eigenvalue weighted by atomic mass is 79.9. The van der Waals surface area contributed by atoms with E-state index in [-0.39, 0.29) is 23.7 Å². The monoisotopic (exact) mass is 643 g/mol. The second kappa shape index (κ2) is 12.5. The van der Waals surface area contributed by atoms with Crippen molar-refractivity contribution in [3.8, 4) is 29.6 Å². The highest BCUT2D eigenvalue weighted by Crippen LogP contribution is 2.36. The van der Waals surface area contributed by atoms with Gasteiger partial charge in [0.2, 0.25) is 0 Å². The summed E-state index contributed by atoms with van der Waals surface area (Å²) in [4.78, 5) is 33.0. The molecule has 8 nitrogen and oxygen atoms in total. The molecular weight excluding hydrogens is 618 g/mol. The first kappa shape index (κ1) is 28.9. The molecule has 0 saturated carbocycles. The molecule has 42 heavy (non-hydrogen) atoms. The fourth-order valence-corrected chi connectivity index (χ4v) is 6.06. The number of thiazole rings is 1. The molecule has 1 amide bonds. The number of aromatic nitrogens is 1. The molecule has 3 aromatic carbocycles. The predicted molar refractivity (Wildman–Crippen MR) is 167 cm³/mol. The van der Waals surface area contributed by atoms with Gasteiger partial charge in [0.25, 0.3) is 11.5 Å². The Bertz CT molecular complexity index is 1920. The van der Waals surface area contributed by atoms with Gasteiger partial charge in [0.15, 0.2) is 16.3 Å². The molecule has 0 saturated heterocycles. The van der Waals surface area contributed by atoms with Gasteiger partial charge in [-0.1, -0.05) is 57.5 Å². The molecule has 1 atom stereocenters. The number of para-hydroxylation sites is 1. The Morgan fingerprint density at radius 2 is 1.95 bits per heavy atom. The van der Waals surface area contributed by atoms with Crippen molar-refractivity contribution in [3.63, 3.8) is 0 Å². The minimum Gasteiger partial charge on any atom is -0.504 e. The number of nitrogens with zero attached hydrogens (tertiary/aromatic N) is 2. The van der Waals surface area contributed by atoms with Gasteiger partial charge in [0, 0.05) is 15.7 Å². The maximum absolute atomic E-state index is 14.1. The van der Waals surface area contributed by atoms with Gasteiger partial charge < -0.3 is 19.9 Å². The zero-order valence-corrected chi connectivity index (χ0v) is 25.2. The number of hydrogen-bond donors (Lipinski definition) is 2. The summed E-state index contributed by atoms with van der Waals surface area (Å²) in [7, 11) is 0. The Morgan fingerprint density at radius 3 is 2.69 bits per heavy atom. The zero-order valence-electron chi connectivity index (χ0n) is 22.8. The molecule has 0 unspecified atom stereocenters. The first-order chi connectivity index (χ1) is 20.3. The van der Waals surface area contributed by atoms with Crippen LogP contribution in [0.2, 0.25) is 0 Å². The number of halogens is 1. The van der Waals surface area contributed by atoms with Gasteiger partial charge in [-0.05, 0) is 68.0 Å². The number of fused-ring (bicyclic) bond motifs is 1. The van der Waals surface area contributed by atoms with Crippen LogP contribution in [0.4, 0.5) is 5.69 Å². The average Bonchev–Trinajstić information content (AvgIpc) is 3.27. The number of allylic oxidation sites excluding steroid dienone is 1. The fourth-order valence-electron chi connectivity index (χ4n) is 4.64. The lowest BCUT2D eigenvalue weighted by Crippen LogP contribution is -2.40. The molecule has 212 valence electrons. The largest absolute Gasteiger partial charge is 0.504 e. The second-order valence-corrected chi connectivity index (χ2v) is 11.2. The van der Waals surface area contributed by atoms with Crippen molar-refractivity contribution in [1.29, 1.82) is 0 Å². The number of phenols is 1. The first-order valence-electron chi connectivity index (χ1n) is 13.0. The SMILES string of the molecule is C#CCOc1ccc(Br)cc1/C=c1\sc2n(c1=O)[C@@H](c1ccc(O)c(OCC)c1)C(C(=O)Nc1ccccc1)=C(C)N=2. The van der Waals surface area contributed by atoms with E-state index < -0.39 is 11.9 Å². The third kappa shape index (κ3) is 5.88. The Kier molecular flexibility index (Phi) is 8.61. The fraction of sp³-hybridized carbons (Fsp3) is 0.156. The van der Waals surface area contributed by atoms with Gasteiger partial charge in [-0.25, -0.2) is 4.99 Å². The number of hydrogen-bond acceptors (Lipinski definition) is 7. The summed E-state index contributed by atoms with van der Waals surface area (Å²) in [6.07, 6.45) is 7.11. The maximum Gasteiger partial charge on any atom is 0.271 e. The van der Waals surface area contributed by atoms with Crippen LogP contribution in [-0.4, -0.2) is 28.8 Å². The predicted octanol–water partition coefficient (Wildman–Crippen LogP) is 4.75. The molecule has 1 aliphatic heterocycles. The average molecular weight is 645 g/mol. The third-order valence-electron chi connectivity index (χ3n) is 6.47. The summed E-state index contributed by atoms with van der Waals surface area (Å²) in [6.45, 7) is 3.95. The standard InChI is InChI=1S/C32H26BrN3O5S/c1-4-15-41-25-14-12-22(33)16-21(25)18-27-31(39)36-29(20-11-13-24(37)26(17-20)40-5-2)28(19(3)34-32(36)42-27)30(38)35-23-9-7-6-8-10-23/h1,6-14,16-18,29,37H,5,15H2,2-3H3,(H,35,38)/b27-18-/t29-/m0/s1. The smallest absolute Gasteiger partial charge is 0.271 e. The Balaban J connectivity index is 1.70. The first-order valence-corrected chi connectivity index (χ1v) is 14.6. The van der Waals surface area contributed by atoms with Crippen molar-refractivity contribution in [2.45, 2.75) is 19.9 Å². The van der Waals surface area contributed by atoms with Gasteiger partial charge in [0.05, 0.1) is 28.5 Å². The van der Waals surface area contributed by atoms with E-state index in [1.807, 2.05) is 37.3 Å². The molecule has 2 N–H and O–H groups in total. The number of phenolic OH excluding ortho intramolecular Hbond substituents is 1. The van der Waals surface area contributed by atoms with E-state index >= 15 is 0 Å². The van der Waals surface area contributed by atoms with Crippen molar-refractivity contribution >= 4 is 44.9 Å². The lowest BCUT2D eigenvalue weighted by molar-refractivity contribution is -0.113. The highest BCUT2D eigenvalue weighted by Gasteiger charge is 2.33. The highest BCUT2D eigenvalue weighted by molar-refractivity contribution is 9.10. The number of anilines is 1. The van der Waals surface area contributed by atoms with Gasteiger partial charge >= 0.3 is 0 Å². The number of amides is 1. The molecule has 5 rings (SSSR count). The summed E-state index contributed by atoms with van der Waals surface area (Å²) in [5.74, 6) is 2.79. The van der Waals surface area contributed by atoms with E-state index in [9.17, 15) is 14.7 Å². The van der Waals surface area contributed by atoms with Crippen LogP contribution in [0.3, 0.4) is 0 Å². The van der Waals surface area contributed by atoms with Crippen LogP contribution < -0.4 is 29.7 Å². The van der Waals surface area contributed by atoms with E-state index in [1.165, 1.54) is 22.0 Å². The zero-order chi connectivity index (χ0) is 29.8. The Hall–Kier alpha value is -4.59. The topological polar surface area (TPSA) is 102 Å². The molecule has 0 spiro atoms. The van der Waals surface area contributed by atoms with Crippen molar-refractivity contribution in [1.82, 2.24) is 4.57 Å². The third-order valence-corrected chi connectivity index (χ3v) is 7.94.